The van der Waals surface area contributed by atoms with Gasteiger partial charge >= 0.3 is 0 Å². The lowest BCUT2D eigenvalue weighted by atomic mass is 10.2. The summed E-state index contributed by atoms with van der Waals surface area (Å²) in [6.07, 6.45) is 1.28. The van der Waals surface area contributed by atoms with Crippen molar-refractivity contribution in [2.45, 2.75) is 19.4 Å². The Balaban J connectivity index is 2.04. The minimum atomic E-state index is -3.74. The minimum absolute atomic E-state index is 0.227. The van der Waals surface area contributed by atoms with E-state index >= 15 is 0 Å². The monoisotopic (exact) mass is 394 g/mol. The highest BCUT2D eigenvalue weighted by atomic mass is 32.2. The van der Waals surface area contributed by atoms with Gasteiger partial charge < -0.3 is 10.1 Å². The molecule has 27 heavy (non-hydrogen) atoms. The largest absolute Gasteiger partial charge is 0.492 e. The lowest BCUT2D eigenvalue weighted by Crippen LogP contribution is -2.50. The van der Waals surface area contributed by atoms with Gasteiger partial charge in [0.1, 0.15) is 24.2 Å². The molecule has 2 rings (SSSR count). The third-order valence-corrected chi connectivity index (χ3v) is 5.00. The van der Waals surface area contributed by atoms with Crippen molar-refractivity contribution in [3.8, 4) is 5.75 Å². The second-order valence-electron chi connectivity index (χ2n) is 5.91. The molecule has 0 fully saturated rings. The van der Waals surface area contributed by atoms with Crippen molar-refractivity contribution >= 4 is 21.6 Å². The van der Waals surface area contributed by atoms with Crippen LogP contribution in [0.4, 0.5) is 10.1 Å². The zero-order chi connectivity index (χ0) is 19.9. The van der Waals surface area contributed by atoms with E-state index in [0.717, 1.165) is 22.7 Å². The van der Waals surface area contributed by atoms with Crippen LogP contribution in [0.1, 0.15) is 13.3 Å². The molecule has 0 saturated heterocycles. The zero-order valence-corrected chi connectivity index (χ0v) is 16.1. The number of carbonyl (C=O) groups excluding carboxylic acids is 1. The summed E-state index contributed by atoms with van der Waals surface area (Å²) in [4.78, 5) is 12.6. The summed E-state index contributed by atoms with van der Waals surface area (Å²) in [6.45, 7) is 2.19. The fourth-order valence-corrected chi connectivity index (χ4v) is 3.84. The average Bonchev–Trinajstić information content (AvgIpc) is 2.64. The summed E-state index contributed by atoms with van der Waals surface area (Å²) in [5.41, 5.74) is 0.237. The number of para-hydroxylation sites is 1. The van der Waals surface area contributed by atoms with Crippen LogP contribution in [0.3, 0.4) is 0 Å². The highest BCUT2D eigenvalue weighted by molar-refractivity contribution is 7.92. The van der Waals surface area contributed by atoms with Crippen molar-refractivity contribution in [3.05, 3.63) is 60.4 Å². The molecule has 6 nitrogen and oxygen atoms in total. The predicted octanol–water partition coefficient (Wildman–Crippen LogP) is 2.57. The number of sulfonamides is 1. The molecule has 0 heterocycles. The maximum atomic E-state index is 13.2. The van der Waals surface area contributed by atoms with Crippen LogP contribution in [0, 0.1) is 5.82 Å². The highest BCUT2D eigenvalue weighted by Crippen LogP contribution is 2.22. The number of nitrogens with zero attached hydrogens (tertiary/aromatic N) is 1. The number of nitrogens with one attached hydrogen (secondary N) is 1. The van der Waals surface area contributed by atoms with Gasteiger partial charge in [-0.15, -0.1) is 0 Å². The zero-order valence-electron chi connectivity index (χ0n) is 15.3. The molecule has 0 spiro atoms. The first-order valence-corrected chi connectivity index (χ1v) is 10.4. The Hall–Kier alpha value is -2.61. The minimum Gasteiger partial charge on any atom is -0.492 e. The smallest absolute Gasteiger partial charge is 0.244 e. The van der Waals surface area contributed by atoms with Crippen molar-refractivity contribution in [2.75, 3.05) is 23.7 Å². The maximum absolute atomic E-state index is 13.2. The Bertz CT molecular complexity index is 842. The van der Waals surface area contributed by atoms with E-state index in [4.69, 9.17) is 4.74 Å². The van der Waals surface area contributed by atoms with Crippen LogP contribution < -0.4 is 14.4 Å². The van der Waals surface area contributed by atoms with Gasteiger partial charge in [0.25, 0.3) is 0 Å². The first-order valence-electron chi connectivity index (χ1n) is 8.53. The summed E-state index contributed by atoms with van der Waals surface area (Å²) in [6, 6.07) is 13.2. The summed E-state index contributed by atoms with van der Waals surface area (Å²) in [5.74, 6) is -0.241. The highest BCUT2D eigenvalue weighted by Gasteiger charge is 2.31. The molecule has 2 aromatic rings. The molecular formula is C19H23FN2O4S. The van der Waals surface area contributed by atoms with E-state index < -0.39 is 27.8 Å². The summed E-state index contributed by atoms with van der Waals surface area (Å²) in [7, 11) is -3.74. The third-order valence-electron chi connectivity index (χ3n) is 3.82. The van der Waals surface area contributed by atoms with E-state index in [1.165, 1.54) is 12.1 Å². The number of halogens is 1. The van der Waals surface area contributed by atoms with Gasteiger partial charge in [0, 0.05) is 0 Å². The molecule has 1 atom stereocenters. The van der Waals surface area contributed by atoms with Gasteiger partial charge in [-0.25, -0.2) is 12.8 Å². The topological polar surface area (TPSA) is 75.7 Å². The van der Waals surface area contributed by atoms with E-state index in [0.29, 0.717) is 5.75 Å². The van der Waals surface area contributed by atoms with Crippen molar-refractivity contribution < 1.29 is 22.3 Å². The van der Waals surface area contributed by atoms with Crippen molar-refractivity contribution in [1.29, 1.82) is 0 Å². The van der Waals surface area contributed by atoms with E-state index in [1.807, 2.05) is 18.2 Å². The molecule has 0 bridgehead atoms. The molecule has 0 saturated carbocycles. The molecule has 8 heteroatoms. The number of amides is 1. The summed E-state index contributed by atoms with van der Waals surface area (Å²) in [5, 5.41) is 2.69. The quantitative estimate of drug-likeness (QED) is 0.664. The number of benzene rings is 2. The number of hydrogen-bond donors (Lipinski definition) is 1. The number of hydrogen-bond acceptors (Lipinski definition) is 4. The van der Waals surface area contributed by atoms with Crippen LogP contribution in [0.5, 0.6) is 5.75 Å². The molecule has 0 unspecified atom stereocenters. The maximum Gasteiger partial charge on any atom is 0.244 e. The van der Waals surface area contributed by atoms with Gasteiger partial charge in [-0.3, -0.25) is 9.10 Å². The van der Waals surface area contributed by atoms with Crippen LogP contribution in [0.2, 0.25) is 0 Å². The molecule has 0 aliphatic carbocycles. The number of carbonyl (C=O) groups is 1. The fraction of sp³-hybridized carbons (Fsp3) is 0.316. The Kier molecular flexibility index (Phi) is 7.18. The Labute approximate surface area is 159 Å². The third kappa shape index (κ3) is 5.96. The molecule has 1 N–H and O–H groups in total. The SMILES string of the molecule is CC[C@H](C(=O)NCCOc1ccccc1)N(c1ccc(F)cc1)S(C)(=O)=O. The second-order valence-corrected chi connectivity index (χ2v) is 7.77. The molecule has 1 amide bonds. The number of rotatable bonds is 9. The molecule has 0 aliphatic heterocycles. The summed E-state index contributed by atoms with van der Waals surface area (Å²) >= 11 is 0. The first kappa shape index (κ1) is 20.7. The van der Waals surface area contributed by atoms with E-state index in [-0.39, 0.29) is 25.3 Å². The molecule has 2 aromatic carbocycles. The van der Waals surface area contributed by atoms with Crippen LogP contribution in [-0.4, -0.2) is 39.8 Å². The van der Waals surface area contributed by atoms with Crippen LogP contribution >= 0.6 is 0 Å². The van der Waals surface area contributed by atoms with Gasteiger partial charge in [0.15, 0.2) is 0 Å². The Morgan fingerprint density at radius 3 is 2.33 bits per heavy atom. The molecule has 0 radical (unpaired) electrons. The van der Waals surface area contributed by atoms with Crippen molar-refractivity contribution in [3.63, 3.8) is 0 Å². The van der Waals surface area contributed by atoms with Gasteiger partial charge in [-0.1, -0.05) is 25.1 Å². The lowest BCUT2D eigenvalue weighted by molar-refractivity contribution is -0.122. The number of ether oxygens (including phenoxy) is 1. The molecule has 0 aliphatic rings. The standard InChI is InChI=1S/C19H23FN2O4S/c1-3-18(19(23)21-13-14-26-17-7-5-4-6-8-17)22(27(2,24)25)16-11-9-15(20)10-12-16/h4-12,18H,3,13-14H2,1-2H3,(H,21,23)/t18-/m1/s1. The van der Waals surface area contributed by atoms with Crippen molar-refractivity contribution in [1.82, 2.24) is 5.32 Å². The molecule has 0 aromatic heterocycles. The van der Waals surface area contributed by atoms with Gasteiger partial charge in [0.05, 0.1) is 18.5 Å². The van der Waals surface area contributed by atoms with Crippen LogP contribution in [0.15, 0.2) is 54.6 Å². The van der Waals surface area contributed by atoms with Gasteiger partial charge in [-0.05, 0) is 42.8 Å². The predicted molar refractivity (Wildman–Crippen MR) is 103 cm³/mol. The summed E-state index contributed by atoms with van der Waals surface area (Å²) < 4.78 is 44.2. The lowest BCUT2D eigenvalue weighted by Gasteiger charge is -2.30. The van der Waals surface area contributed by atoms with Crippen molar-refractivity contribution in [2.24, 2.45) is 0 Å². The Morgan fingerprint density at radius 2 is 1.78 bits per heavy atom. The van der Waals surface area contributed by atoms with Crippen LogP contribution in [-0.2, 0) is 14.8 Å². The van der Waals surface area contributed by atoms with E-state index in [1.54, 1.807) is 19.1 Å². The molecular weight excluding hydrogens is 371 g/mol. The average molecular weight is 394 g/mol. The number of anilines is 1. The fourth-order valence-electron chi connectivity index (χ4n) is 2.63. The van der Waals surface area contributed by atoms with E-state index in [2.05, 4.69) is 5.32 Å². The normalized spacial score (nSPS) is 12.3. The second kappa shape index (κ2) is 9.36. The van der Waals surface area contributed by atoms with Gasteiger partial charge in [-0.2, -0.15) is 0 Å². The van der Waals surface area contributed by atoms with E-state index in [9.17, 15) is 17.6 Å². The first-order chi connectivity index (χ1) is 12.8. The Morgan fingerprint density at radius 1 is 1.15 bits per heavy atom. The van der Waals surface area contributed by atoms with Crippen LogP contribution in [0.25, 0.3) is 0 Å². The molecule has 146 valence electrons. The van der Waals surface area contributed by atoms with Gasteiger partial charge in [0.2, 0.25) is 15.9 Å².